The summed E-state index contributed by atoms with van der Waals surface area (Å²) in [6.45, 7) is 0.426. The van der Waals surface area contributed by atoms with Crippen molar-refractivity contribution in [2.75, 3.05) is 0 Å². The normalized spacial score (nSPS) is 10.9. The maximum Gasteiger partial charge on any atom is 0.341 e. The van der Waals surface area contributed by atoms with Crippen molar-refractivity contribution in [3.05, 3.63) is 57.7 Å². The Balaban J connectivity index is 1.95. The van der Waals surface area contributed by atoms with Gasteiger partial charge in [0.15, 0.2) is 10.4 Å². The second-order valence-corrected chi connectivity index (χ2v) is 4.90. The van der Waals surface area contributed by atoms with Crippen LogP contribution in [-0.2, 0) is 6.54 Å². The summed E-state index contributed by atoms with van der Waals surface area (Å²) >= 11 is 1.53. The highest BCUT2D eigenvalue weighted by Gasteiger charge is 2.09. The summed E-state index contributed by atoms with van der Waals surface area (Å²) in [6, 6.07) is 1.25. The van der Waals surface area contributed by atoms with Gasteiger partial charge in [-0.3, -0.25) is 9.20 Å². The third-order valence-corrected chi connectivity index (χ3v) is 3.47. The van der Waals surface area contributed by atoms with Crippen molar-refractivity contribution >= 4 is 22.3 Å². The lowest BCUT2D eigenvalue weighted by Gasteiger charge is -2.04. The van der Waals surface area contributed by atoms with Crippen molar-refractivity contribution in [3.63, 3.8) is 0 Å². The molecule has 0 amide bonds. The maximum atomic E-state index is 11.4. The van der Waals surface area contributed by atoms with Crippen LogP contribution in [0.5, 0.6) is 0 Å². The highest BCUT2D eigenvalue weighted by atomic mass is 32.1. The second kappa shape index (κ2) is 4.36. The molecular formula is C12H9N3O3S. The van der Waals surface area contributed by atoms with Crippen LogP contribution in [0.2, 0.25) is 0 Å². The Morgan fingerprint density at radius 2 is 2.21 bits per heavy atom. The highest BCUT2D eigenvalue weighted by molar-refractivity contribution is 7.15. The van der Waals surface area contributed by atoms with E-state index in [1.807, 2.05) is 22.2 Å². The van der Waals surface area contributed by atoms with Gasteiger partial charge in [0.2, 0.25) is 0 Å². The van der Waals surface area contributed by atoms with Crippen LogP contribution in [0.1, 0.15) is 16.1 Å². The number of aromatic carboxylic acids is 1. The van der Waals surface area contributed by atoms with Crippen LogP contribution in [0.25, 0.3) is 4.96 Å². The first-order valence-corrected chi connectivity index (χ1v) is 6.36. The molecule has 0 unspecified atom stereocenters. The van der Waals surface area contributed by atoms with Gasteiger partial charge in [-0.25, -0.2) is 9.78 Å². The van der Waals surface area contributed by atoms with Gasteiger partial charge in [0.1, 0.15) is 5.56 Å². The fraction of sp³-hybridized carbons (Fsp3) is 0.0833. The van der Waals surface area contributed by atoms with Crippen molar-refractivity contribution in [2.24, 2.45) is 0 Å². The van der Waals surface area contributed by atoms with Gasteiger partial charge in [-0.05, 0) is 0 Å². The number of aromatic nitrogens is 3. The van der Waals surface area contributed by atoms with E-state index >= 15 is 0 Å². The van der Waals surface area contributed by atoms with E-state index in [2.05, 4.69) is 4.98 Å². The number of thiazole rings is 1. The largest absolute Gasteiger partial charge is 0.477 e. The third-order valence-electron chi connectivity index (χ3n) is 2.70. The Bertz CT molecular complexity index is 786. The number of hydrogen-bond donors (Lipinski definition) is 1. The number of carboxylic acid groups (broad SMARTS) is 1. The maximum absolute atomic E-state index is 11.4. The van der Waals surface area contributed by atoms with Gasteiger partial charge < -0.3 is 9.67 Å². The van der Waals surface area contributed by atoms with E-state index in [-0.39, 0.29) is 5.56 Å². The van der Waals surface area contributed by atoms with Crippen molar-refractivity contribution in [2.45, 2.75) is 6.54 Å². The molecular weight excluding hydrogens is 266 g/mol. The molecule has 1 N–H and O–H groups in total. The van der Waals surface area contributed by atoms with Crippen LogP contribution in [0, 0.1) is 0 Å². The average molecular weight is 275 g/mol. The van der Waals surface area contributed by atoms with Gasteiger partial charge in [-0.1, -0.05) is 0 Å². The lowest BCUT2D eigenvalue weighted by atomic mass is 10.2. The lowest BCUT2D eigenvalue weighted by Crippen LogP contribution is -2.16. The summed E-state index contributed by atoms with van der Waals surface area (Å²) in [6.07, 6.45) is 6.68. The number of carbonyl (C=O) groups is 1. The Morgan fingerprint density at radius 3 is 2.95 bits per heavy atom. The molecule has 96 valence electrons. The van der Waals surface area contributed by atoms with E-state index in [0.717, 1.165) is 10.7 Å². The molecule has 0 atom stereocenters. The van der Waals surface area contributed by atoms with Crippen molar-refractivity contribution in [3.8, 4) is 0 Å². The molecule has 0 aliphatic carbocycles. The topological polar surface area (TPSA) is 76.6 Å². The lowest BCUT2D eigenvalue weighted by molar-refractivity contribution is 0.0694. The summed E-state index contributed by atoms with van der Waals surface area (Å²) < 4.78 is 3.54. The minimum absolute atomic E-state index is 0.233. The number of hydrogen-bond acceptors (Lipinski definition) is 4. The number of imidazole rings is 1. The molecule has 0 bridgehead atoms. The summed E-state index contributed by atoms with van der Waals surface area (Å²) in [4.78, 5) is 27.5. The zero-order chi connectivity index (χ0) is 13.4. The average Bonchev–Trinajstić information content (AvgIpc) is 2.91. The molecule has 0 fully saturated rings. The number of pyridine rings is 1. The Hall–Kier alpha value is -2.41. The predicted octanol–water partition coefficient (Wildman–Crippen LogP) is 1.30. The Labute approximate surface area is 111 Å². The minimum Gasteiger partial charge on any atom is -0.477 e. The molecule has 3 aromatic heterocycles. The molecule has 0 aromatic carbocycles. The van der Waals surface area contributed by atoms with Crippen LogP contribution >= 0.6 is 11.3 Å². The standard InChI is InChI=1S/C12H9N3O3S/c16-10-1-2-14(7-9(10)11(17)18)5-8-6-15-3-4-19-12(15)13-8/h1-4,6-7H,5H2,(H,17,18). The summed E-state index contributed by atoms with van der Waals surface area (Å²) in [7, 11) is 0. The van der Waals surface area contributed by atoms with E-state index in [0.29, 0.717) is 6.54 Å². The van der Waals surface area contributed by atoms with Gasteiger partial charge in [0.05, 0.1) is 12.2 Å². The molecule has 0 saturated carbocycles. The van der Waals surface area contributed by atoms with Gasteiger partial charge in [-0.15, -0.1) is 11.3 Å². The first kappa shape index (κ1) is 11.7. The van der Waals surface area contributed by atoms with Gasteiger partial charge in [-0.2, -0.15) is 0 Å². The molecule has 6 nitrogen and oxygen atoms in total. The molecule has 0 aliphatic heterocycles. The van der Waals surface area contributed by atoms with Gasteiger partial charge in [0, 0.05) is 36.2 Å². The number of nitrogens with zero attached hydrogens (tertiary/aromatic N) is 3. The highest BCUT2D eigenvalue weighted by Crippen LogP contribution is 2.12. The monoisotopic (exact) mass is 275 g/mol. The van der Waals surface area contributed by atoms with E-state index in [4.69, 9.17) is 5.11 Å². The first-order chi connectivity index (χ1) is 9.13. The molecule has 0 radical (unpaired) electrons. The quantitative estimate of drug-likeness (QED) is 0.781. The fourth-order valence-corrected chi connectivity index (χ4v) is 2.54. The molecule has 0 saturated heterocycles. The Morgan fingerprint density at radius 1 is 1.37 bits per heavy atom. The Kier molecular flexibility index (Phi) is 2.68. The van der Waals surface area contributed by atoms with Crippen LogP contribution in [0.15, 0.2) is 41.0 Å². The van der Waals surface area contributed by atoms with Crippen molar-refractivity contribution < 1.29 is 9.90 Å². The molecule has 3 rings (SSSR count). The van der Waals surface area contributed by atoms with Crippen LogP contribution < -0.4 is 5.43 Å². The zero-order valence-corrected chi connectivity index (χ0v) is 10.5. The molecule has 0 aliphatic rings. The summed E-state index contributed by atoms with van der Waals surface area (Å²) in [5, 5.41) is 10.8. The van der Waals surface area contributed by atoms with Crippen LogP contribution in [-0.4, -0.2) is 25.0 Å². The fourth-order valence-electron chi connectivity index (χ4n) is 1.82. The predicted molar refractivity (Wildman–Crippen MR) is 69.8 cm³/mol. The number of rotatable bonds is 3. The van der Waals surface area contributed by atoms with E-state index in [1.165, 1.54) is 23.6 Å². The molecule has 3 aromatic rings. The van der Waals surface area contributed by atoms with Crippen LogP contribution in [0.3, 0.4) is 0 Å². The summed E-state index contributed by atoms with van der Waals surface area (Å²) in [5.74, 6) is -1.22. The van der Waals surface area contributed by atoms with Crippen LogP contribution in [0.4, 0.5) is 0 Å². The number of fused-ring (bicyclic) bond motifs is 1. The number of carboxylic acids is 1. The van der Waals surface area contributed by atoms with E-state index < -0.39 is 11.4 Å². The van der Waals surface area contributed by atoms with E-state index in [9.17, 15) is 9.59 Å². The third kappa shape index (κ3) is 2.15. The smallest absolute Gasteiger partial charge is 0.341 e. The molecule has 0 spiro atoms. The van der Waals surface area contributed by atoms with Crippen molar-refractivity contribution in [1.82, 2.24) is 14.0 Å². The first-order valence-electron chi connectivity index (χ1n) is 5.48. The van der Waals surface area contributed by atoms with E-state index in [1.54, 1.807) is 10.8 Å². The molecule has 19 heavy (non-hydrogen) atoms. The SMILES string of the molecule is O=C(O)c1cn(Cc2cn3ccsc3n2)ccc1=O. The second-order valence-electron chi connectivity index (χ2n) is 4.03. The van der Waals surface area contributed by atoms with Gasteiger partial charge in [0.25, 0.3) is 0 Å². The molecule has 3 heterocycles. The van der Waals surface area contributed by atoms with Gasteiger partial charge >= 0.3 is 5.97 Å². The van der Waals surface area contributed by atoms with Crippen molar-refractivity contribution in [1.29, 1.82) is 0 Å². The molecule has 7 heteroatoms. The zero-order valence-electron chi connectivity index (χ0n) is 9.68. The minimum atomic E-state index is -1.22. The summed E-state index contributed by atoms with van der Waals surface area (Å²) in [5.41, 5.74) is 0.0879.